The van der Waals surface area contributed by atoms with Crippen LogP contribution in [0.4, 0.5) is 13.2 Å². The lowest BCUT2D eigenvalue weighted by Gasteiger charge is -2.23. The van der Waals surface area contributed by atoms with Crippen LogP contribution in [0.3, 0.4) is 0 Å². The number of aliphatic hydroxyl groups is 1. The summed E-state index contributed by atoms with van der Waals surface area (Å²) in [5, 5.41) is 10.5. The van der Waals surface area contributed by atoms with Gasteiger partial charge in [-0.15, -0.1) is 0 Å². The van der Waals surface area contributed by atoms with Crippen LogP contribution < -0.4 is 4.74 Å². The molecule has 0 aliphatic carbocycles. The molecule has 1 atom stereocenters. The summed E-state index contributed by atoms with van der Waals surface area (Å²) < 4.78 is 44.6. The van der Waals surface area contributed by atoms with Crippen molar-refractivity contribution in [2.45, 2.75) is 11.8 Å². The molecule has 0 unspecified atom stereocenters. The highest BCUT2D eigenvalue weighted by Crippen LogP contribution is 2.50. The predicted molar refractivity (Wildman–Crippen MR) is 67.2 cm³/mol. The Kier molecular flexibility index (Phi) is 2.65. The molecule has 0 radical (unpaired) electrons. The molecular weight excluding hydrogens is 341 g/mol. The molecule has 2 aromatic rings. The van der Waals surface area contributed by atoms with E-state index in [9.17, 15) is 23.1 Å². The lowest BCUT2D eigenvalue weighted by Crippen LogP contribution is -2.47. The van der Waals surface area contributed by atoms with E-state index in [1.54, 1.807) is 6.07 Å². The van der Waals surface area contributed by atoms with E-state index in [0.29, 0.717) is 9.86 Å². The number of carbonyl (C=O) groups is 1. The minimum absolute atomic E-state index is 0.122. The first-order valence-electron chi connectivity index (χ1n) is 5.49. The lowest BCUT2D eigenvalue weighted by atomic mass is 9.90. The molecule has 0 spiro atoms. The molecule has 1 aliphatic heterocycles. The Bertz CT molecular complexity index is 741. The van der Waals surface area contributed by atoms with Crippen molar-refractivity contribution in [3.8, 4) is 5.75 Å². The molecule has 1 heterocycles. The van der Waals surface area contributed by atoms with E-state index in [4.69, 9.17) is 0 Å². The summed E-state index contributed by atoms with van der Waals surface area (Å²) in [6.07, 6.45) is -5.16. The minimum Gasteiger partial charge on any atom is -0.423 e. The van der Waals surface area contributed by atoms with Crippen molar-refractivity contribution in [2.75, 3.05) is 0 Å². The first-order chi connectivity index (χ1) is 9.25. The summed E-state index contributed by atoms with van der Waals surface area (Å²) in [6, 6.07) is 7.29. The third-order valence-corrected chi connectivity index (χ3v) is 3.71. The van der Waals surface area contributed by atoms with Gasteiger partial charge in [-0.05, 0) is 29.0 Å². The van der Waals surface area contributed by atoms with Crippen LogP contribution in [0.5, 0.6) is 5.75 Å². The number of hydrogen-bond acceptors (Lipinski definition) is 3. The third kappa shape index (κ3) is 1.59. The molecular formula is C13H6BrF3O3. The Balaban J connectivity index is 2.41. The van der Waals surface area contributed by atoms with Crippen molar-refractivity contribution in [1.82, 2.24) is 0 Å². The molecule has 3 nitrogen and oxygen atoms in total. The van der Waals surface area contributed by atoms with E-state index in [0.717, 1.165) is 0 Å². The van der Waals surface area contributed by atoms with Gasteiger partial charge in [0.25, 0.3) is 5.60 Å². The Morgan fingerprint density at radius 3 is 2.55 bits per heavy atom. The molecule has 0 amide bonds. The number of ether oxygens (including phenoxy) is 1. The molecule has 0 saturated heterocycles. The topological polar surface area (TPSA) is 46.5 Å². The maximum atomic E-state index is 13.1. The van der Waals surface area contributed by atoms with Gasteiger partial charge in [0.15, 0.2) is 0 Å². The normalized spacial score (nSPS) is 21.9. The quantitative estimate of drug-likeness (QED) is 0.588. The van der Waals surface area contributed by atoms with Crippen molar-refractivity contribution < 1.29 is 27.8 Å². The Labute approximate surface area is 119 Å². The number of halogens is 4. The predicted octanol–water partition coefficient (Wildman–Crippen LogP) is 3.27. The standard InChI is InChI=1S/C13H6BrF3O3/c14-7-2-3-8-6(5-7)1-4-9-10(8)12(19,11(18)20-9)13(15,16)17/h1-5,19H/t12-/m0/s1. The summed E-state index contributed by atoms with van der Waals surface area (Å²) in [4.78, 5) is 11.5. The summed E-state index contributed by atoms with van der Waals surface area (Å²) in [5.74, 6) is -2.00. The molecule has 3 rings (SSSR count). The molecule has 1 aliphatic rings. The fourth-order valence-electron chi connectivity index (χ4n) is 2.27. The smallest absolute Gasteiger partial charge is 0.423 e. The fourth-order valence-corrected chi connectivity index (χ4v) is 2.65. The second-order valence-corrected chi connectivity index (χ2v) is 5.32. The molecule has 0 bridgehead atoms. The van der Waals surface area contributed by atoms with E-state index in [1.807, 2.05) is 0 Å². The van der Waals surface area contributed by atoms with Crippen molar-refractivity contribution >= 4 is 32.7 Å². The monoisotopic (exact) mass is 346 g/mol. The maximum absolute atomic E-state index is 13.1. The van der Waals surface area contributed by atoms with E-state index in [2.05, 4.69) is 20.7 Å². The van der Waals surface area contributed by atoms with Crippen LogP contribution in [-0.4, -0.2) is 17.3 Å². The Hall–Kier alpha value is -1.60. The zero-order valence-corrected chi connectivity index (χ0v) is 11.2. The molecule has 20 heavy (non-hydrogen) atoms. The largest absolute Gasteiger partial charge is 0.432 e. The van der Waals surface area contributed by atoms with E-state index in [-0.39, 0.29) is 11.1 Å². The highest BCUT2D eigenvalue weighted by Gasteiger charge is 2.67. The molecule has 104 valence electrons. The fraction of sp³-hybridized carbons (Fsp3) is 0.154. The molecule has 0 aromatic heterocycles. The van der Waals surface area contributed by atoms with Gasteiger partial charge in [0, 0.05) is 4.47 Å². The van der Waals surface area contributed by atoms with Gasteiger partial charge in [-0.2, -0.15) is 13.2 Å². The molecule has 0 saturated carbocycles. The third-order valence-electron chi connectivity index (χ3n) is 3.21. The van der Waals surface area contributed by atoms with Gasteiger partial charge in [0.1, 0.15) is 5.75 Å². The number of carbonyl (C=O) groups excluding carboxylic acids is 1. The maximum Gasteiger partial charge on any atom is 0.432 e. The van der Waals surface area contributed by atoms with Crippen molar-refractivity contribution in [3.63, 3.8) is 0 Å². The van der Waals surface area contributed by atoms with Crippen molar-refractivity contribution in [3.05, 3.63) is 40.4 Å². The zero-order valence-electron chi connectivity index (χ0n) is 9.66. The van der Waals surface area contributed by atoms with Crippen LogP contribution in [0, 0.1) is 0 Å². The van der Waals surface area contributed by atoms with Crippen molar-refractivity contribution in [1.29, 1.82) is 0 Å². The highest BCUT2D eigenvalue weighted by atomic mass is 79.9. The molecule has 2 aromatic carbocycles. The average Bonchev–Trinajstić information content (AvgIpc) is 2.62. The number of hydrogen-bond donors (Lipinski definition) is 1. The van der Waals surface area contributed by atoms with Gasteiger partial charge in [-0.1, -0.05) is 28.1 Å². The van der Waals surface area contributed by atoms with Gasteiger partial charge in [-0.3, -0.25) is 0 Å². The van der Waals surface area contributed by atoms with E-state index >= 15 is 0 Å². The zero-order chi connectivity index (χ0) is 14.7. The minimum atomic E-state index is -5.16. The molecule has 7 heteroatoms. The second kappa shape index (κ2) is 3.95. The summed E-state index contributed by atoms with van der Waals surface area (Å²) >= 11 is 3.21. The summed E-state index contributed by atoms with van der Waals surface area (Å²) in [7, 11) is 0. The first-order valence-corrected chi connectivity index (χ1v) is 6.28. The van der Waals surface area contributed by atoms with Crippen LogP contribution in [0.25, 0.3) is 10.8 Å². The van der Waals surface area contributed by atoms with E-state index in [1.165, 1.54) is 24.3 Å². The Morgan fingerprint density at radius 1 is 1.20 bits per heavy atom. The average molecular weight is 347 g/mol. The van der Waals surface area contributed by atoms with Crippen LogP contribution >= 0.6 is 15.9 Å². The Morgan fingerprint density at radius 2 is 1.90 bits per heavy atom. The summed E-state index contributed by atoms with van der Waals surface area (Å²) in [5.41, 5.74) is -4.18. The van der Waals surface area contributed by atoms with Gasteiger partial charge in [-0.25, -0.2) is 4.79 Å². The number of rotatable bonds is 0. The van der Waals surface area contributed by atoms with Gasteiger partial charge in [0.05, 0.1) is 5.56 Å². The number of fused-ring (bicyclic) bond motifs is 3. The molecule has 0 fully saturated rings. The lowest BCUT2D eigenvalue weighted by molar-refractivity contribution is -0.258. The first kappa shape index (κ1) is 13.4. The van der Waals surface area contributed by atoms with Crippen LogP contribution in [0.15, 0.2) is 34.8 Å². The number of alkyl halides is 3. The van der Waals surface area contributed by atoms with Gasteiger partial charge >= 0.3 is 12.1 Å². The van der Waals surface area contributed by atoms with Crippen LogP contribution in [-0.2, 0) is 10.4 Å². The van der Waals surface area contributed by atoms with Crippen LogP contribution in [0.2, 0.25) is 0 Å². The SMILES string of the molecule is O=C1Oc2ccc3cc(Br)ccc3c2[C@@]1(O)C(F)(F)F. The highest BCUT2D eigenvalue weighted by molar-refractivity contribution is 9.10. The number of esters is 1. The molecule has 1 N–H and O–H groups in total. The number of benzene rings is 2. The van der Waals surface area contributed by atoms with E-state index < -0.39 is 23.3 Å². The van der Waals surface area contributed by atoms with Crippen LogP contribution in [0.1, 0.15) is 5.56 Å². The van der Waals surface area contributed by atoms with Crippen molar-refractivity contribution in [2.24, 2.45) is 0 Å². The van der Waals surface area contributed by atoms with Gasteiger partial charge < -0.3 is 9.84 Å². The van der Waals surface area contributed by atoms with Gasteiger partial charge in [0.2, 0.25) is 0 Å². The summed E-state index contributed by atoms with van der Waals surface area (Å²) in [6.45, 7) is 0. The second-order valence-electron chi connectivity index (χ2n) is 4.40.